The lowest BCUT2D eigenvalue weighted by atomic mass is 10.1. The predicted molar refractivity (Wildman–Crippen MR) is 47.4 cm³/mol. The highest BCUT2D eigenvalue weighted by molar-refractivity contribution is 5.99. The number of carbonyl (C=O) groups excluding carboxylic acids is 1. The second-order valence-electron chi connectivity index (χ2n) is 2.80. The first-order valence-corrected chi connectivity index (χ1v) is 3.96. The van der Waals surface area contributed by atoms with Gasteiger partial charge in [-0.05, 0) is 13.0 Å². The Morgan fingerprint density at radius 2 is 2.07 bits per heavy atom. The van der Waals surface area contributed by atoms with Crippen LogP contribution in [0.5, 0.6) is 5.75 Å². The number of nitrogen functional groups attached to an aromatic ring is 1. The molecular formula is C9H8F3NO2. The number of anilines is 1. The first-order valence-electron chi connectivity index (χ1n) is 3.96. The Labute approximate surface area is 83.6 Å². The lowest BCUT2D eigenvalue weighted by molar-refractivity contribution is -0.0522. The molecular weight excluding hydrogens is 211 g/mol. The standard InChI is InChI=1S/C9H8F3NO2/c1-4(14)5-2-8(15-9(11)12)6(10)3-7(5)13/h2-3,9H,13H2,1H3. The molecule has 15 heavy (non-hydrogen) atoms. The van der Waals surface area contributed by atoms with Crippen LogP contribution in [0.15, 0.2) is 12.1 Å². The Hall–Kier alpha value is -1.72. The number of rotatable bonds is 3. The van der Waals surface area contributed by atoms with Crippen LogP contribution in [-0.2, 0) is 0 Å². The summed E-state index contributed by atoms with van der Waals surface area (Å²) in [5.41, 5.74) is 5.16. The van der Waals surface area contributed by atoms with E-state index >= 15 is 0 Å². The molecule has 1 rings (SSSR count). The van der Waals surface area contributed by atoms with E-state index in [0.29, 0.717) is 0 Å². The highest BCUT2D eigenvalue weighted by Gasteiger charge is 2.15. The van der Waals surface area contributed by atoms with E-state index in [9.17, 15) is 18.0 Å². The van der Waals surface area contributed by atoms with Gasteiger partial charge in [0.2, 0.25) is 0 Å². The summed E-state index contributed by atoms with van der Waals surface area (Å²) in [7, 11) is 0. The number of hydrogen-bond acceptors (Lipinski definition) is 3. The lowest BCUT2D eigenvalue weighted by Crippen LogP contribution is -2.07. The maximum atomic E-state index is 13.0. The summed E-state index contributed by atoms with van der Waals surface area (Å²) in [6.07, 6.45) is 0. The van der Waals surface area contributed by atoms with E-state index < -0.39 is 24.0 Å². The van der Waals surface area contributed by atoms with E-state index in [1.54, 1.807) is 0 Å². The molecule has 3 nitrogen and oxygen atoms in total. The number of carbonyl (C=O) groups is 1. The Morgan fingerprint density at radius 3 is 2.53 bits per heavy atom. The number of benzene rings is 1. The first kappa shape index (κ1) is 11.4. The van der Waals surface area contributed by atoms with Crippen molar-refractivity contribution in [3.8, 4) is 5.75 Å². The van der Waals surface area contributed by atoms with Crippen LogP contribution in [0.1, 0.15) is 17.3 Å². The Kier molecular flexibility index (Phi) is 3.18. The van der Waals surface area contributed by atoms with Crippen molar-refractivity contribution in [3.63, 3.8) is 0 Å². The molecule has 0 saturated heterocycles. The van der Waals surface area contributed by atoms with Crippen LogP contribution in [-0.4, -0.2) is 12.4 Å². The molecule has 0 aliphatic heterocycles. The Bertz CT molecular complexity index is 393. The van der Waals surface area contributed by atoms with E-state index in [4.69, 9.17) is 5.73 Å². The molecule has 1 aromatic carbocycles. The average molecular weight is 219 g/mol. The summed E-state index contributed by atoms with van der Waals surface area (Å²) in [4.78, 5) is 11.0. The van der Waals surface area contributed by atoms with Crippen LogP contribution in [0.2, 0.25) is 0 Å². The zero-order valence-electron chi connectivity index (χ0n) is 7.76. The number of ketones is 1. The molecule has 82 valence electrons. The Morgan fingerprint density at radius 1 is 1.47 bits per heavy atom. The van der Waals surface area contributed by atoms with Crippen molar-refractivity contribution in [2.24, 2.45) is 0 Å². The van der Waals surface area contributed by atoms with E-state index in [1.165, 1.54) is 6.92 Å². The number of hydrogen-bond donors (Lipinski definition) is 1. The number of halogens is 3. The molecule has 0 atom stereocenters. The van der Waals surface area contributed by atoms with Gasteiger partial charge in [-0.2, -0.15) is 8.78 Å². The first-order chi connectivity index (χ1) is 6.91. The zero-order chi connectivity index (χ0) is 11.6. The van der Waals surface area contributed by atoms with Crippen molar-refractivity contribution in [1.29, 1.82) is 0 Å². The van der Waals surface area contributed by atoms with Crippen LogP contribution in [0.3, 0.4) is 0 Å². The molecule has 2 N–H and O–H groups in total. The molecule has 0 amide bonds. The van der Waals surface area contributed by atoms with Crippen LogP contribution in [0.4, 0.5) is 18.9 Å². The highest BCUT2D eigenvalue weighted by Crippen LogP contribution is 2.25. The zero-order valence-corrected chi connectivity index (χ0v) is 7.76. The summed E-state index contributed by atoms with van der Waals surface area (Å²) in [6, 6.07) is 1.63. The molecule has 6 heteroatoms. The molecule has 0 fully saturated rings. The minimum atomic E-state index is -3.15. The molecule has 0 saturated carbocycles. The van der Waals surface area contributed by atoms with Gasteiger partial charge < -0.3 is 10.5 Å². The monoisotopic (exact) mass is 219 g/mol. The molecule has 1 aromatic rings. The van der Waals surface area contributed by atoms with Crippen LogP contribution < -0.4 is 10.5 Å². The average Bonchev–Trinajstić information content (AvgIpc) is 2.08. The summed E-state index contributed by atoms with van der Waals surface area (Å²) in [5.74, 6) is -2.17. The van der Waals surface area contributed by atoms with Crippen molar-refractivity contribution in [1.82, 2.24) is 0 Å². The molecule has 0 bridgehead atoms. The lowest BCUT2D eigenvalue weighted by Gasteiger charge is -2.08. The largest absolute Gasteiger partial charge is 0.432 e. The van der Waals surface area contributed by atoms with Crippen LogP contribution in [0.25, 0.3) is 0 Å². The third kappa shape index (κ3) is 2.61. The minimum Gasteiger partial charge on any atom is -0.432 e. The van der Waals surface area contributed by atoms with Gasteiger partial charge in [-0.25, -0.2) is 4.39 Å². The summed E-state index contributed by atoms with van der Waals surface area (Å²) in [5, 5.41) is 0. The topological polar surface area (TPSA) is 52.3 Å². The molecule has 0 aliphatic carbocycles. The van der Waals surface area contributed by atoms with Gasteiger partial charge in [0.15, 0.2) is 17.3 Å². The van der Waals surface area contributed by atoms with Crippen molar-refractivity contribution < 1.29 is 22.7 Å². The van der Waals surface area contributed by atoms with Gasteiger partial charge in [0.05, 0.1) is 0 Å². The maximum Gasteiger partial charge on any atom is 0.387 e. The quantitative estimate of drug-likeness (QED) is 0.626. The van der Waals surface area contributed by atoms with Crippen molar-refractivity contribution in [3.05, 3.63) is 23.5 Å². The number of ether oxygens (including phenoxy) is 1. The van der Waals surface area contributed by atoms with Crippen LogP contribution in [0, 0.1) is 5.82 Å². The second kappa shape index (κ2) is 4.20. The molecule has 0 aromatic heterocycles. The highest BCUT2D eigenvalue weighted by atomic mass is 19.3. The molecule has 0 heterocycles. The minimum absolute atomic E-state index is 0.0490. The fourth-order valence-corrected chi connectivity index (χ4v) is 1.06. The van der Waals surface area contributed by atoms with Gasteiger partial charge >= 0.3 is 6.61 Å². The van der Waals surface area contributed by atoms with Gasteiger partial charge in [0.1, 0.15) is 0 Å². The fourth-order valence-electron chi connectivity index (χ4n) is 1.06. The molecule has 0 spiro atoms. The van der Waals surface area contributed by atoms with Gasteiger partial charge in [0, 0.05) is 17.3 Å². The summed E-state index contributed by atoms with van der Waals surface area (Å²) >= 11 is 0. The van der Waals surface area contributed by atoms with Crippen molar-refractivity contribution >= 4 is 11.5 Å². The molecule has 0 aliphatic rings. The van der Waals surface area contributed by atoms with E-state index in [0.717, 1.165) is 12.1 Å². The number of nitrogens with two attached hydrogens (primary N) is 1. The van der Waals surface area contributed by atoms with Crippen LogP contribution >= 0.6 is 0 Å². The smallest absolute Gasteiger partial charge is 0.387 e. The maximum absolute atomic E-state index is 13.0. The normalized spacial score (nSPS) is 10.5. The number of alkyl halides is 2. The van der Waals surface area contributed by atoms with E-state index in [2.05, 4.69) is 4.74 Å². The molecule has 0 radical (unpaired) electrons. The summed E-state index contributed by atoms with van der Waals surface area (Å²) < 4.78 is 40.5. The van der Waals surface area contributed by atoms with Gasteiger partial charge in [0.25, 0.3) is 0 Å². The Balaban J connectivity index is 3.17. The van der Waals surface area contributed by atoms with Gasteiger partial charge in [-0.1, -0.05) is 0 Å². The van der Waals surface area contributed by atoms with E-state index in [-0.39, 0.29) is 11.3 Å². The van der Waals surface area contributed by atoms with E-state index in [1.807, 2.05) is 0 Å². The van der Waals surface area contributed by atoms with Gasteiger partial charge in [-0.3, -0.25) is 4.79 Å². The third-order valence-corrected chi connectivity index (χ3v) is 1.70. The van der Waals surface area contributed by atoms with Gasteiger partial charge in [-0.15, -0.1) is 0 Å². The van der Waals surface area contributed by atoms with Crippen molar-refractivity contribution in [2.75, 3.05) is 5.73 Å². The SMILES string of the molecule is CC(=O)c1cc(OC(F)F)c(F)cc1N. The predicted octanol–water partition coefficient (Wildman–Crippen LogP) is 2.21. The van der Waals surface area contributed by atoms with Crippen molar-refractivity contribution in [2.45, 2.75) is 13.5 Å². The third-order valence-electron chi connectivity index (χ3n) is 1.70. The summed E-state index contributed by atoms with van der Waals surface area (Å²) in [6.45, 7) is -1.96. The molecule has 0 unspecified atom stereocenters. The fraction of sp³-hybridized carbons (Fsp3) is 0.222. The second-order valence-corrected chi connectivity index (χ2v) is 2.80. The number of Topliss-reactive ketones (excluding diaryl/α,β-unsaturated/α-hetero) is 1.